The maximum atomic E-state index is 18.5. The fourth-order valence-corrected chi connectivity index (χ4v) is 12.0. The molecular formula is C64H64F6N8O6. The minimum absolute atomic E-state index is 0.000624. The molecule has 2 fully saturated rings. The Morgan fingerprint density at radius 1 is 0.714 bits per heavy atom. The van der Waals surface area contributed by atoms with E-state index in [2.05, 4.69) is 14.9 Å². The van der Waals surface area contributed by atoms with Crippen LogP contribution >= 0.6 is 0 Å². The zero-order valence-corrected chi connectivity index (χ0v) is 47.5. The first kappa shape index (κ1) is 57.3. The van der Waals surface area contributed by atoms with E-state index in [0.29, 0.717) is 60.4 Å². The second kappa shape index (κ2) is 24.0. The van der Waals surface area contributed by atoms with Gasteiger partial charge >= 0.3 is 12.2 Å². The van der Waals surface area contributed by atoms with E-state index in [1.54, 1.807) is 55.6 Å². The number of anilines is 3. The van der Waals surface area contributed by atoms with Crippen LogP contribution in [0.25, 0.3) is 22.2 Å². The van der Waals surface area contributed by atoms with Crippen molar-refractivity contribution in [3.05, 3.63) is 172 Å². The molecule has 3 aromatic heterocycles. The number of methoxy groups -OCH3 is 4. The molecule has 0 unspecified atom stereocenters. The Hall–Kier alpha value is -8.52. The van der Waals surface area contributed by atoms with Gasteiger partial charge in [-0.05, 0) is 122 Å². The standard InChI is InChI=1S/C64H64F6N8O6/c1-39-31-51(75(33-41-10-18-46(79-3)19-11-41)34-42-12-20-47(80-4)21-13-42)72-57(54(39)64(68,69)70)52-55(66)58-53-59(56(52)67)83-30-29-78(61(53)74-62(73-58)84-38-63-26-8-28-77(63)37-45(65)32-63)40(2)50-9-7-27-71-60(50)76(35-43-14-22-48(81-5)23-15-43)36-44-16-24-49(82-6)25-17-44/h7,9-25,27,31,40,45H,8,26,28-30,32-38H2,1-6H3/t40-,45-,63+/m1/s1. The molecule has 3 atom stereocenters. The van der Waals surface area contributed by atoms with Crippen molar-refractivity contribution in [3.8, 4) is 46.0 Å². The SMILES string of the molecule is COc1ccc(CN(Cc2ccc(OC)cc2)c2cc(C)c(C(F)(F)F)c(-c3c(F)c4c5c(nc(OC[C@@]67CCCN6C[C@H](F)C7)nc5c3F)N([C@H](C)c3cccnc3N(Cc3ccc(OC)cc3)Cc3ccc(OC)cc3)CCO4)n2)cc1. The maximum absolute atomic E-state index is 18.5. The zero-order chi connectivity index (χ0) is 58.9. The highest BCUT2D eigenvalue weighted by Gasteiger charge is 2.50. The Kier molecular flexibility index (Phi) is 16.4. The van der Waals surface area contributed by atoms with Crippen LogP contribution in [0.5, 0.6) is 34.8 Å². The van der Waals surface area contributed by atoms with Crippen LogP contribution in [0.2, 0.25) is 0 Å². The maximum Gasteiger partial charge on any atom is 0.418 e. The van der Waals surface area contributed by atoms with E-state index >= 15 is 26.3 Å². The van der Waals surface area contributed by atoms with E-state index in [0.717, 1.165) is 28.7 Å². The lowest BCUT2D eigenvalue weighted by Crippen LogP contribution is -2.43. The van der Waals surface area contributed by atoms with Gasteiger partial charge in [-0.2, -0.15) is 23.1 Å². The average Bonchev–Trinajstić information content (AvgIpc) is 1.88. The number of ether oxygens (including phenoxy) is 6. The number of alkyl halides is 4. The Morgan fingerprint density at radius 3 is 1.80 bits per heavy atom. The summed E-state index contributed by atoms with van der Waals surface area (Å²) in [5.41, 5.74) is -0.929. The molecular weight excluding hydrogens is 1090 g/mol. The lowest BCUT2D eigenvalue weighted by Gasteiger charge is -2.34. The van der Waals surface area contributed by atoms with E-state index < -0.39 is 63.7 Å². The van der Waals surface area contributed by atoms with Gasteiger partial charge in [-0.15, -0.1) is 0 Å². The normalized spacial score (nSPS) is 17.1. The number of halogens is 6. The number of nitrogens with zero attached hydrogens (tertiary/aromatic N) is 8. The molecule has 0 aliphatic carbocycles. The molecule has 0 saturated carbocycles. The van der Waals surface area contributed by atoms with Gasteiger partial charge in [0, 0.05) is 50.9 Å². The molecule has 0 radical (unpaired) electrons. The minimum atomic E-state index is -5.15. The Morgan fingerprint density at radius 2 is 1.26 bits per heavy atom. The second-order valence-electron chi connectivity index (χ2n) is 21.5. The van der Waals surface area contributed by atoms with Crippen molar-refractivity contribution in [2.45, 2.75) is 83.2 Å². The lowest BCUT2D eigenvalue weighted by atomic mass is 9.95. The van der Waals surface area contributed by atoms with Crippen molar-refractivity contribution in [1.82, 2.24) is 24.8 Å². The van der Waals surface area contributed by atoms with Crippen molar-refractivity contribution in [3.63, 3.8) is 0 Å². The molecule has 2 saturated heterocycles. The molecule has 8 aromatic rings. The van der Waals surface area contributed by atoms with Crippen LogP contribution in [0.3, 0.4) is 0 Å². The molecule has 20 heteroatoms. The number of rotatable bonds is 20. The summed E-state index contributed by atoms with van der Waals surface area (Å²) >= 11 is 0. The van der Waals surface area contributed by atoms with Gasteiger partial charge in [0.25, 0.3) is 0 Å². The molecule has 0 bridgehead atoms. The monoisotopic (exact) mass is 1150 g/mol. The van der Waals surface area contributed by atoms with Gasteiger partial charge in [-0.3, -0.25) is 4.90 Å². The van der Waals surface area contributed by atoms with Crippen LogP contribution in [0.1, 0.15) is 71.2 Å². The number of hydrogen-bond acceptors (Lipinski definition) is 14. The van der Waals surface area contributed by atoms with Gasteiger partial charge in [0.15, 0.2) is 17.4 Å². The topological polar surface area (TPSA) is 120 Å². The zero-order valence-electron chi connectivity index (χ0n) is 47.5. The molecule has 3 aliphatic heterocycles. The first-order valence-corrected chi connectivity index (χ1v) is 27.8. The van der Waals surface area contributed by atoms with Crippen molar-refractivity contribution >= 4 is 28.4 Å². The molecule has 11 rings (SSSR count). The predicted molar refractivity (Wildman–Crippen MR) is 308 cm³/mol. The summed E-state index contributed by atoms with van der Waals surface area (Å²) in [5.74, 6) is -0.260. The van der Waals surface area contributed by atoms with Crippen LogP contribution in [0.15, 0.2) is 121 Å². The quantitative estimate of drug-likeness (QED) is 0.0673. The molecule has 3 aliphatic rings. The third-order valence-corrected chi connectivity index (χ3v) is 16.2. The van der Waals surface area contributed by atoms with E-state index in [4.69, 9.17) is 38.4 Å². The van der Waals surface area contributed by atoms with Crippen molar-refractivity contribution < 1.29 is 54.8 Å². The Labute approximate surface area is 483 Å². The van der Waals surface area contributed by atoms with E-state index in [9.17, 15) is 0 Å². The van der Waals surface area contributed by atoms with Gasteiger partial charge in [0.2, 0.25) is 0 Å². The van der Waals surface area contributed by atoms with Gasteiger partial charge in [-0.1, -0.05) is 54.6 Å². The van der Waals surface area contributed by atoms with Crippen molar-refractivity contribution in [2.75, 3.05) is 76.0 Å². The fourth-order valence-electron chi connectivity index (χ4n) is 12.0. The van der Waals surface area contributed by atoms with E-state index in [1.807, 2.05) is 95.6 Å². The molecule has 438 valence electrons. The van der Waals surface area contributed by atoms with Gasteiger partial charge in [-0.25, -0.2) is 23.1 Å². The molecule has 0 N–H and O–H groups in total. The molecule has 6 heterocycles. The summed E-state index contributed by atoms with van der Waals surface area (Å²) in [4.78, 5) is 26.8. The summed E-state index contributed by atoms with van der Waals surface area (Å²) in [6.45, 7) is 4.82. The summed E-state index contributed by atoms with van der Waals surface area (Å²) in [7, 11) is 6.28. The lowest BCUT2D eigenvalue weighted by molar-refractivity contribution is -0.137. The van der Waals surface area contributed by atoms with Crippen LogP contribution in [-0.2, 0) is 32.4 Å². The van der Waals surface area contributed by atoms with Crippen LogP contribution in [0.4, 0.5) is 43.8 Å². The third-order valence-electron chi connectivity index (χ3n) is 16.2. The number of fused-ring (bicyclic) bond motifs is 1. The minimum Gasteiger partial charge on any atom is -0.497 e. The molecule has 84 heavy (non-hydrogen) atoms. The number of pyridine rings is 2. The first-order chi connectivity index (χ1) is 40.6. The van der Waals surface area contributed by atoms with Gasteiger partial charge in [0.1, 0.15) is 65.4 Å². The third kappa shape index (κ3) is 11.6. The van der Waals surface area contributed by atoms with E-state index in [-0.39, 0.29) is 74.4 Å². The highest BCUT2D eigenvalue weighted by molar-refractivity contribution is 6.00. The summed E-state index contributed by atoms with van der Waals surface area (Å²) in [5, 5.41) is -0.225. The number of hydrogen-bond donors (Lipinski definition) is 0. The number of aromatic nitrogens is 4. The molecule has 0 amide bonds. The second-order valence-corrected chi connectivity index (χ2v) is 21.5. The first-order valence-electron chi connectivity index (χ1n) is 27.8. The Balaban J connectivity index is 1.07. The smallest absolute Gasteiger partial charge is 0.418 e. The fraction of sp³-hybridized carbons (Fsp3) is 0.344. The Bertz CT molecular complexity index is 3540. The van der Waals surface area contributed by atoms with Gasteiger partial charge < -0.3 is 43.1 Å². The number of aryl methyl sites for hydroxylation is 1. The number of benzene rings is 5. The average molecular weight is 1160 g/mol. The summed E-state index contributed by atoms with van der Waals surface area (Å²) < 4.78 is 134. The summed E-state index contributed by atoms with van der Waals surface area (Å²) in [6.07, 6.45) is -2.94. The summed E-state index contributed by atoms with van der Waals surface area (Å²) in [6, 6.07) is 33.7. The highest BCUT2D eigenvalue weighted by atomic mass is 19.4. The van der Waals surface area contributed by atoms with E-state index in [1.165, 1.54) is 27.2 Å². The molecule has 5 aromatic carbocycles. The van der Waals surface area contributed by atoms with Crippen LogP contribution < -0.4 is 43.1 Å². The highest BCUT2D eigenvalue weighted by Crippen LogP contribution is 2.50. The van der Waals surface area contributed by atoms with Crippen LogP contribution in [0, 0.1) is 18.6 Å². The molecule has 0 spiro atoms. The van der Waals surface area contributed by atoms with Crippen molar-refractivity contribution in [1.29, 1.82) is 0 Å². The largest absolute Gasteiger partial charge is 0.497 e. The molecule has 14 nitrogen and oxygen atoms in total. The van der Waals surface area contributed by atoms with Crippen molar-refractivity contribution in [2.24, 2.45) is 0 Å². The van der Waals surface area contributed by atoms with Gasteiger partial charge in [0.05, 0.1) is 68.8 Å². The van der Waals surface area contributed by atoms with Crippen LogP contribution in [-0.4, -0.2) is 97.8 Å². The predicted octanol–water partition coefficient (Wildman–Crippen LogP) is 13.1.